The molecule has 0 spiro atoms. The number of rotatable bonds is 6. The van der Waals surface area contributed by atoms with Gasteiger partial charge >= 0.3 is 0 Å². The standard InChI is InChI=1S/C17H22ClN3O2/c1-11(17(23)13-4-7-15(18)8-5-13)20-16(22)9-6-14-10-19-21(3)12(14)2/h4-5,7-8,10-11,17,23H,6,9H2,1-3H3,(H,20,22). The molecule has 2 atom stereocenters. The van der Waals surface area contributed by atoms with E-state index in [0.717, 1.165) is 16.8 Å². The van der Waals surface area contributed by atoms with E-state index in [4.69, 9.17) is 11.6 Å². The number of nitrogens with zero attached hydrogens (tertiary/aromatic N) is 2. The zero-order chi connectivity index (χ0) is 17.0. The van der Waals surface area contributed by atoms with Gasteiger partial charge < -0.3 is 10.4 Å². The number of halogens is 1. The molecular formula is C17H22ClN3O2. The maximum Gasteiger partial charge on any atom is 0.220 e. The summed E-state index contributed by atoms with van der Waals surface area (Å²) in [7, 11) is 1.88. The van der Waals surface area contributed by atoms with Crippen LogP contribution in [0.5, 0.6) is 0 Å². The molecule has 0 aliphatic heterocycles. The molecule has 23 heavy (non-hydrogen) atoms. The van der Waals surface area contributed by atoms with Crippen molar-refractivity contribution in [2.24, 2.45) is 7.05 Å². The molecule has 1 heterocycles. The Kier molecular flexibility index (Phi) is 5.80. The number of aliphatic hydroxyl groups is 1. The summed E-state index contributed by atoms with van der Waals surface area (Å²) in [6, 6.07) is 6.59. The van der Waals surface area contributed by atoms with Gasteiger partial charge in [-0.2, -0.15) is 5.10 Å². The normalized spacial score (nSPS) is 13.6. The second-order valence-corrected chi connectivity index (χ2v) is 6.17. The molecule has 0 aliphatic carbocycles. The van der Waals surface area contributed by atoms with Crippen LogP contribution in [0.25, 0.3) is 0 Å². The number of amides is 1. The molecular weight excluding hydrogens is 314 g/mol. The number of aryl methyl sites for hydroxylation is 2. The van der Waals surface area contributed by atoms with E-state index in [1.54, 1.807) is 42.1 Å². The molecule has 0 radical (unpaired) electrons. The molecule has 0 fully saturated rings. The van der Waals surface area contributed by atoms with Crippen molar-refractivity contribution in [1.29, 1.82) is 0 Å². The number of carbonyl (C=O) groups is 1. The van der Waals surface area contributed by atoms with Gasteiger partial charge in [0.15, 0.2) is 0 Å². The highest BCUT2D eigenvalue weighted by atomic mass is 35.5. The minimum absolute atomic E-state index is 0.0891. The molecule has 1 aromatic carbocycles. The summed E-state index contributed by atoms with van der Waals surface area (Å²) in [4.78, 5) is 12.1. The highest BCUT2D eigenvalue weighted by molar-refractivity contribution is 6.30. The average Bonchev–Trinajstić information content (AvgIpc) is 2.84. The molecule has 0 bridgehead atoms. The molecule has 1 aromatic heterocycles. The largest absolute Gasteiger partial charge is 0.386 e. The molecule has 1 amide bonds. The van der Waals surface area contributed by atoms with Gasteiger partial charge in [-0.25, -0.2) is 0 Å². The van der Waals surface area contributed by atoms with Crippen molar-refractivity contribution in [3.8, 4) is 0 Å². The third-order valence-electron chi connectivity index (χ3n) is 4.03. The minimum atomic E-state index is -0.767. The summed E-state index contributed by atoms with van der Waals surface area (Å²) in [5.41, 5.74) is 2.85. The zero-order valence-electron chi connectivity index (χ0n) is 13.6. The second kappa shape index (κ2) is 7.62. The lowest BCUT2D eigenvalue weighted by Gasteiger charge is -2.20. The van der Waals surface area contributed by atoms with Crippen LogP contribution in [0, 0.1) is 6.92 Å². The van der Waals surface area contributed by atoms with Gasteiger partial charge in [0.05, 0.1) is 18.3 Å². The zero-order valence-corrected chi connectivity index (χ0v) is 14.3. The maximum absolute atomic E-state index is 12.1. The number of benzene rings is 1. The lowest BCUT2D eigenvalue weighted by Crippen LogP contribution is -2.37. The molecule has 2 unspecified atom stereocenters. The Morgan fingerprint density at radius 2 is 2.04 bits per heavy atom. The summed E-state index contributed by atoms with van der Waals surface area (Å²) in [6.45, 7) is 3.76. The van der Waals surface area contributed by atoms with Gasteiger partial charge in [0, 0.05) is 24.2 Å². The predicted octanol–water partition coefficient (Wildman–Crippen LogP) is 2.55. The first kappa shape index (κ1) is 17.5. The van der Waals surface area contributed by atoms with E-state index in [1.807, 2.05) is 14.0 Å². The molecule has 6 heteroatoms. The molecule has 0 saturated carbocycles. The molecule has 2 N–H and O–H groups in total. The van der Waals surface area contributed by atoms with Crippen LogP contribution in [0.1, 0.15) is 36.3 Å². The predicted molar refractivity (Wildman–Crippen MR) is 90.3 cm³/mol. The van der Waals surface area contributed by atoms with Gasteiger partial charge in [-0.1, -0.05) is 23.7 Å². The van der Waals surface area contributed by atoms with Crippen LogP contribution in [0.2, 0.25) is 5.02 Å². The lowest BCUT2D eigenvalue weighted by atomic mass is 10.0. The monoisotopic (exact) mass is 335 g/mol. The molecule has 2 aromatic rings. The fourth-order valence-electron chi connectivity index (χ4n) is 2.39. The number of hydrogen-bond acceptors (Lipinski definition) is 3. The Morgan fingerprint density at radius 1 is 1.39 bits per heavy atom. The third-order valence-corrected chi connectivity index (χ3v) is 4.28. The first-order valence-corrected chi connectivity index (χ1v) is 7.96. The second-order valence-electron chi connectivity index (χ2n) is 5.73. The van der Waals surface area contributed by atoms with Gasteiger partial charge in [-0.05, 0) is 43.5 Å². The van der Waals surface area contributed by atoms with E-state index in [2.05, 4.69) is 10.4 Å². The Balaban J connectivity index is 1.86. The van der Waals surface area contributed by atoms with Crippen molar-refractivity contribution in [3.63, 3.8) is 0 Å². The SMILES string of the molecule is Cc1c(CCC(=O)NC(C)C(O)c2ccc(Cl)cc2)cnn1C. The Morgan fingerprint density at radius 3 is 2.61 bits per heavy atom. The summed E-state index contributed by atoms with van der Waals surface area (Å²) in [6.07, 6.45) is 2.02. The van der Waals surface area contributed by atoms with Gasteiger partial charge in [0.1, 0.15) is 0 Å². The van der Waals surface area contributed by atoms with Crippen LogP contribution in [0.4, 0.5) is 0 Å². The smallest absolute Gasteiger partial charge is 0.220 e. The van der Waals surface area contributed by atoms with E-state index in [0.29, 0.717) is 17.9 Å². The summed E-state index contributed by atoms with van der Waals surface area (Å²) >= 11 is 5.84. The number of aromatic nitrogens is 2. The Labute approximate surface area is 141 Å². The van der Waals surface area contributed by atoms with Crippen molar-refractivity contribution in [3.05, 3.63) is 52.3 Å². The summed E-state index contributed by atoms with van der Waals surface area (Å²) in [5.74, 6) is -0.0891. The van der Waals surface area contributed by atoms with E-state index >= 15 is 0 Å². The van der Waals surface area contributed by atoms with E-state index < -0.39 is 6.10 Å². The van der Waals surface area contributed by atoms with Crippen LogP contribution in [-0.4, -0.2) is 26.8 Å². The first-order chi connectivity index (χ1) is 10.9. The Hall–Kier alpha value is -1.85. The number of carbonyl (C=O) groups excluding carboxylic acids is 1. The molecule has 5 nitrogen and oxygen atoms in total. The third kappa shape index (κ3) is 4.56. The van der Waals surface area contributed by atoms with E-state index in [-0.39, 0.29) is 11.9 Å². The lowest BCUT2D eigenvalue weighted by molar-refractivity contribution is -0.122. The van der Waals surface area contributed by atoms with E-state index in [9.17, 15) is 9.90 Å². The highest BCUT2D eigenvalue weighted by Crippen LogP contribution is 2.19. The summed E-state index contributed by atoms with van der Waals surface area (Å²) < 4.78 is 1.79. The molecule has 2 rings (SSSR count). The van der Waals surface area contributed by atoms with Crippen molar-refractivity contribution in [2.75, 3.05) is 0 Å². The first-order valence-electron chi connectivity index (χ1n) is 7.59. The quantitative estimate of drug-likeness (QED) is 0.852. The van der Waals surface area contributed by atoms with Gasteiger partial charge in [0.25, 0.3) is 0 Å². The van der Waals surface area contributed by atoms with Crippen LogP contribution in [0.15, 0.2) is 30.5 Å². The van der Waals surface area contributed by atoms with Crippen molar-refractivity contribution in [1.82, 2.24) is 15.1 Å². The van der Waals surface area contributed by atoms with Gasteiger partial charge in [-0.3, -0.25) is 9.48 Å². The van der Waals surface area contributed by atoms with Crippen LogP contribution in [-0.2, 0) is 18.3 Å². The molecule has 0 aliphatic rings. The van der Waals surface area contributed by atoms with Crippen molar-refractivity contribution >= 4 is 17.5 Å². The minimum Gasteiger partial charge on any atom is -0.386 e. The van der Waals surface area contributed by atoms with Crippen LogP contribution < -0.4 is 5.32 Å². The maximum atomic E-state index is 12.1. The number of nitrogens with one attached hydrogen (secondary N) is 1. The fourth-order valence-corrected chi connectivity index (χ4v) is 2.52. The highest BCUT2D eigenvalue weighted by Gasteiger charge is 2.18. The van der Waals surface area contributed by atoms with Crippen molar-refractivity contribution in [2.45, 2.75) is 38.8 Å². The Bertz CT molecular complexity index is 667. The van der Waals surface area contributed by atoms with Crippen LogP contribution in [0.3, 0.4) is 0 Å². The molecule has 0 saturated heterocycles. The number of hydrogen-bond donors (Lipinski definition) is 2. The number of aliphatic hydroxyl groups excluding tert-OH is 1. The molecule has 124 valence electrons. The fraction of sp³-hybridized carbons (Fsp3) is 0.412. The van der Waals surface area contributed by atoms with E-state index in [1.165, 1.54) is 0 Å². The average molecular weight is 336 g/mol. The van der Waals surface area contributed by atoms with Crippen LogP contribution >= 0.6 is 11.6 Å². The van der Waals surface area contributed by atoms with Crippen molar-refractivity contribution < 1.29 is 9.90 Å². The van der Waals surface area contributed by atoms with Gasteiger partial charge in [-0.15, -0.1) is 0 Å². The topological polar surface area (TPSA) is 67.2 Å². The summed E-state index contributed by atoms with van der Waals surface area (Å²) in [5, 5.41) is 17.9. The van der Waals surface area contributed by atoms with Gasteiger partial charge in [0.2, 0.25) is 5.91 Å².